The first kappa shape index (κ1) is 17.7. The Kier molecular flexibility index (Phi) is 5.57. The average molecular weight is 336 g/mol. The third kappa shape index (κ3) is 4.64. The maximum atomic E-state index is 10.2. The first-order chi connectivity index (χ1) is 10.8. The molecular weight excluding hydrogens is 314 g/mol. The van der Waals surface area contributed by atoms with Crippen molar-refractivity contribution in [2.45, 2.75) is 38.8 Å². The van der Waals surface area contributed by atoms with E-state index in [1.54, 1.807) is 38.4 Å². The van der Waals surface area contributed by atoms with E-state index in [1.807, 2.05) is 13.0 Å². The minimum Gasteiger partial charge on any atom is -0.396 e. The zero-order valence-electron chi connectivity index (χ0n) is 13.5. The van der Waals surface area contributed by atoms with Gasteiger partial charge >= 0.3 is 0 Å². The molecule has 1 atom stereocenters. The number of nitrogens with zero attached hydrogens (tertiary/aromatic N) is 2. The molecule has 124 valence electrons. The summed E-state index contributed by atoms with van der Waals surface area (Å²) in [4.78, 5) is 8.52. The standard InChI is InChI=1S/C17H22ClN3O2/c1-11(5-7-22)21-15-9-16(18)20-10-13(15)14-8-12(4-6-19-14)17(2,3)23/h4,6,8-11,22-23H,5,7H2,1-3H3,(H,20,21)/t11-/m0/s1. The van der Waals surface area contributed by atoms with Gasteiger partial charge in [-0.2, -0.15) is 0 Å². The SMILES string of the molecule is C[C@@H](CCO)Nc1cc(Cl)ncc1-c1cc(C(C)(C)O)ccn1. The number of anilines is 1. The molecule has 0 aliphatic heterocycles. The summed E-state index contributed by atoms with van der Waals surface area (Å²) in [7, 11) is 0. The van der Waals surface area contributed by atoms with Gasteiger partial charge in [-0.3, -0.25) is 4.98 Å². The molecule has 5 nitrogen and oxygen atoms in total. The summed E-state index contributed by atoms with van der Waals surface area (Å²) in [6.45, 7) is 5.55. The molecule has 0 bridgehead atoms. The molecule has 0 fully saturated rings. The number of hydrogen-bond donors (Lipinski definition) is 3. The Labute approximate surface area is 141 Å². The van der Waals surface area contributed by atoms with Gasteiger partial charge in [0, 0.05) is 36.3 Å². The Morgan fingerprint density at radius 1 is 1.30 bits per heavy atom. The fourth-order valence-electron chi connectivity index (χ4n) is 2.24. The molecule has 3 N–H and O–H groups in total. The third-order valence-electron chi connectivity index (χ3n) is 3.58. The van der Waals surface area contributed by atoms with Crippen molar-refractivity contribution in [2.75, 3.05) is 11.9 Å². The highest BCUT2D eigenvalue weighted by molar-refractivity contribution is 6.29. The maximum Gasteiger partial charge on any atom is 0.131 e. The van der Waals surface area contributed by atoms with Gasteiger partial charge in [-0.15, -0.1) is 0 Å². The lowest BCUT2D eigenvalue weighted by Gasteiger charge is -2.20. The molecule has 0 aromatic carbocycles. The van der Waals surface area contributed by atoms with Crippen molar-refractivity contribution < 1.29 is 10.2 Å². The molecule has 0 saturated heterocycles. The van der Waals surface area contributed by atoms with Crippen molar-refractivity contribution in [3.8, 4) is 11.3 Å². The Hall–Kier alpha value is -1.69. The number of nitrogens with one attached hydrogen (secondary N) is 1. The topological polar surface area (TPSA) is 78.3 Å². The molecule has 2 aromatic rings. The van der Waals surface area contributed by atoms with E-state index in [2.05, 4.69) is 15.3 Å². The number of aliphatic hydroxyl groups is 2. The molecule has 2 aromatic heterocycles. The largest absolute Gasteiger partial charge is 0.396 e. The fraction of sp³-hybridized carbons (Fsp3) is 0.412. The van der Waals surface area contributed by atoms with Crippen LogP contribution in [0.25, 0.3) is 11.3 Å². The zero-order chi connectivity index (χ0) is 17.0. The Morgan fingerprint density at radius 3 is 2.70 bits per heavy atom. The van der Waals surface area contributed by atoms with Gasteiger partial charge < -0.3 is 15.5 Å². The van der Waals surface area contributed by atoms with E-state index >= 15 is 0 Å². The van der Waals surface area contributed by atoms with Gasteiger partial charge in [0.15, 0.2) is 0 Å². The molecule has 0 spiro atoms. The minimum absolute atomic E-state index is 0.0784. The van der Waals surface area contributed by atoms with Crippen LogP contribution in [-0.2, 0) is 5.60 Å². The van der Waals surface area contributed by atoms with Gasteiger partial charge in [0.2, 0.25) is 0 Å². The fourth-order valence-corrected chi connectivity index (χ4v) is 2.40. The molecule has 0 unspecified atom stereocenters. The van der Waals surface area contributed by atoms with Crippen LogP contribution in [0.1, 0.15) is 32.8 Å². The molecular formula is C17H22ClN3O2. The van der Waals surface area contributed by atoms with Crippen molar-refractivity contribution >= 4 is 17.3 Å². The van der Waals surface area contributed by atoms with Crippen LogP contribution in [0.3, 0.4) is 0 Å². The minimum atomic E-state index is -0.949. The van der Waals surface area contributed by atoms with Gasteiger partial charge in [-0.05, 0) is 51.0 Å². The van der Waals surface area contributed by atoms with Crippen LogP contribution in [0.5, 0.6) is 0 Å². The highest BCUT2D eigenvalue weighted by Crippen LogP contribution is 2.31. The van der Waals surface area contributed by atoms with Gasteiger partial charge in [0.05, 0.1) is 11.3 Å². The zero-order valence-corrected chi connectivity index (χ0v) is 14.3. The highest BCUT2D eigenvalue weighted by Gasteiger charge is 2.18. The molecule has 0 amide bonds. The maximum absolute atomic E-state index is 10.2. The summed E-state index contributed by atoms with van der Waals surface area (Å²) < 4.78 is 0. The molecule has 23 heavy (non-hydrogen) atoms. The van der Waals surface area contributed by atoms with Crippen molar-refractivity contribution in [1.82, 2.24) is 9.97 Å². The molecule has 0 saturated carbocycles. The first-order valence-corrected chi connectivity index (χ1v) is 7.91. The first-order valence-electron chi connectivity index (χ1n) is 7.53. The third-order valence-corrected chi connectivity index (χ3v) is 3.78. The number of pyridine rings is 2. The van der Waals surface area contributed by atoms with Crippen LogP contribution in [0.4, 0.5) is 5.69 Å². The molecule has 0 aliphatic carbocycles. The lowest BCUT2D eigenvalue weighted by Crippen LogP contribution is -2.18. The summed E-state index contributed by atoms with van der Waals surface area (Å²) in [6, 6.07) is 5.44. The Morgan fingerprint density at radius 2 is 2.04 bits per heavy atom. The van der Waals surface area contributed by atoms with Crippen LogP contribution >= 0.6 is 11.6 Å². The van der Waals surface area contributed by atoms with E-state index in [-0.39, 0.29) is 12.6 Å². The predicted octanol–water partition coefficient (Wildman–Crippen LogP) is 3.21. The molecule has 0 aliphatic rings. The Bertz CT molecular complexity index is 671. The van der Waals surface area contributed by atoms with Crippen LogP contribution in [0.15, 0.2) is 30.6 Å². The summed E-state index contributed by atoms with van der Waals surface area (Å²) in [5, 5.41) is 22.9. The number of rotatable bonds is 6. The molecule has 6 heteroatoms. The predicted molar refractivity (Wildman–Crippen MR) is 92.5 cm³/mol. The summed E-state index contributed by atoms with van der Waals surface area (Å²) in [5.74, 6) is 0. The average Bonchev–Trinajstić information content (AvgIpc) is 2.47. The van der Waals surface area contributed by atoms with Crippen molar-refractivity contribution in [3.63, 3.8) is 0 Å². The van der Waals surface area contributed by atoms with Crippen LogP contribution < -0.4 is 5.32 Å². The molecule has 0 radical (unpaired) electrons. The van der Waals surface area contributed by atoms with E-state index in [9.17, 15) is 5.11 Å². The lowest BCUT2D eigenvalue weighted by atomic mass is 9.97. The quantitative estimate of drug-likeness (QED) is 0.706. The summed E-state index contributed by atoms with van der Waals surface area (Å²) >= 11 is 6.01. The number of aromatic nitrogens is 2. The second kappa shape index (κ2) is 7.25. The smallest absolute Gasteiger partial charge is 0.131 e. The van der Waals surface area contributed by atoms with E-state index in [1.165, 1.54) is 0 Å². The van der Waals surface area contributed by atoms with Crippen molar-refractivity contribution in [1.29, 1.82) is 0 Å². The van der Waals surface area contributed by atoms with E-state index in [0.29, 0.717) is 17.3 Å². The van der Waals surface area contributed by atoms with E-state index in [4.69, 9.17) is 16.7 Å². The number of hydrogen-bond acceptors (Lipinski definition) is 5. The van der Waals surface area contributed by atoms with Crippen molar-refractivity contribution in [2.24, 2.45) is 0 Å². The Balaban J connectivity index is 2.43. The van der Waals surface area contributed by atoms with Gasteiger partial charge in [0.1, 0.15) is 5.15 Å². The van der Waals surface area contributed by atoms with Crippen LogP contribution in [0, 0.1) is 0 Å². The monoisotopic (exact) mass is 335 g/mol. The normalized spacial score (nSPS) is 13.0. The highest BCUT2D eigenvalue weighted by atomic mass is 35.5. The second-order valence-corrected chi connectivity index (χ2v) is 6.49. The lowest BCUT2D eigenvalue weighted by molar-refractivity contribution is 0.0785. The van der Waals surface area contributed by atoms with Gasteiger partial charge in [-0.25, -0.2) is 4.98 Å². The second-order valence-electron chi connectivity index (χ2n) is 6.10. The summed E-state index contributed by atoms with van der Waals surface area (Å²) in [5.41, 5.74) is 2.12. The van der Waals surface area contributed by atoms with E-state index in [0.717, 1.165) is 16.8 Å². The van der Waals surface area contributed by atoms with Crippen molar-refractivity contribution in [3.05, 3.63) is 41.3 Å². The molecule has 2 heterocycles. The van der Waals surface area contributed by atoms with Crippen LogP contribution in [-0.4, -0.2) is 32.8 Å². The van der Waals surface area contributed by atoms with Crippen LogP contribution in [0.2, 0.25) is 5.15 Å². The molecule has 2 rings (SSSR count). The number of aliphatic hydroxyl groups excluding tert-OH is 1. The van der Waals surface area contributed by atoms with Gasteiger partial charge in [-0.1, -0.05) is 11.6 Å². The summed E-state index contributed by atoms with van der Waals surface area (Å²) in [6.07, 6.45) is 3.95. The van der Waals surface area contributed by atoms with E-state index < -0.39 is 5.60 Å². The number of halogens is 1. The van der Waals surface area contributed by atoms with Gasteiger partial charge in [0.25, 0.3) is 0 Å².